The summed E-state index contributed by atoms with van der Waals surface area (Å²) >= 11 is 0. The molecule has 3 atom stereocenters. The summed E-state index contributed by atoms with van der Waals surface area (Å²) in [7, 11) is 0. The van der Waals surface area contributed by atoms with Gasteiger partial charge < -0.3 is 14.6 Å². The zero-order valence-corrected chi connectivity index (χ0v) is 14.7. The maximum atomic E-state index is 12.3. The Labute approximate surface area is 146 Å². The van der Waals surface area contributed by atoms with Crippen molar-refractivity contribution in [2.24, 2.45) is 5.92 Å². The molecule has 1 aromatic heterocycles. The molecule has 1 N–H and O–H groups in total. The van der Waals surface area contributed by atoms with E-state index in [0.717, 1.165) is 24.6 Å². The van der Waals surface area contributed by atoms with E-state index >= 15 is 0 Å². The average Bonchev–Trinajstić information content (AvgIpc) is 3.00. The van der Waals surface area contributed by atoms with E-state index in [4.69, 9.17) is 9.26 Å². The molecule has 25 heavy (non-hydrogen) atoms. The zero-order chi connectivity index (χ0) is 17.8. The highest BCUT2D eigenvalue weighted by molar-refractivity contribution is 5.86. The first-order valence-electron chi connectivity index (χ1n) is 8.87. The fraction of sp³-hybridized carbons (Fsp3) is 0.526. The Morgan fingerprint density at radius 2 is 2.08 bits per heavy atom. The molecular weight excluding hydrogens is 320 g/mol. The van der Waals surface area contributed by atoms with Crippen LogP contribution >= 0.6 is 0 Å². The predicted molar refractivity (Wildman–Crippen MR) is 92.8 cm³/mol. The van der Waals surface area contributed by atoms with Gasteiger partial charge in [-0.2, -0.15) is 0 Å². The monoisotopic (exact) mass is 344 g/mol. The molecule has 1 heterocycles. The minimum absolute atomic E-state index is 0.0194. The number of nitrogens with one attached hydrogen (secondary N) is 1. The molecule has 1 amide bonds. The molecule has 1 fully saturated rings. The van der Waals surface area contributed by atoms with Crippen molar-refractivity contribution in [1.29, 1.82) is 0 Å². The maximum Gasteiger partial charge on any atom is 0.312 e. The number of benzene rings is 1. The van der Waals surface area contributed by atoms with Gasteiger partial charge in [0.05, 0.1) is 6.42 Å². The van der Waals surface area contributed by atoms with Crippen molar-refractivity contribution in [3.05, 3.63) is 30.0 Å². The number of para-hydroxylation sites is 1. The molecule has 0 radical (unpaired) electrons. The number of nitrogens with zero attached hydrogens (tertiary/aromatic N) is 1. The normalized spacial score (nSPS) is 21.7. The summed E-state index contributed by atoms with van der Waals surface area (Å²) in [6, 6.07) is 7.50. The highest BCUT2D eigenvalue weighted by Gasteiger charge is 2.26. The van der Waals surface area contributed by atoms with Crippen LogP contribution in [-0.4, -0.2) is 29.2 Å². The van der Waals surface area contributed by atoms with Crippen LogP contribution in [0.2, 0.25) is 0 Å². The number of carbonyl (C=O) groups excluding carboxylic acids is 2. The number of rotatable bonds is 5. The van der Waals surface area contributed by atoms with Crippen molar-refractivity contribution in [3.8, 4) is 0 Å². The lowest BCUT2D eigenvalue weighted by Crippen LogP contribution is -2.46. The number of ether oxygens (including phenoxy) is 1. The van der Waals surface area contributed by atoms with Gasteiger partial charge in [-0.25, -0.2) is 0 Å². The third-order valence-corrected chi connectivity index (χ3v) is 4.88. The van der Waals surface area contributed by atoms with E-state index in [1.165, 1.54) is 6.42 Å². The third kappa shape index (κ3) is 4.18. The Hall–Kier alpha value is -2.37. The summed E-state index contributed by atoms with van der Waals surface area (Å²) in [5.41, 5.74) is 1.15. The number of aromatic nitrogens is 1. The lowest BCUT2D eigenvalue weighted by molar-refractivity contribution is -0.154. The maximum absolute atomic E-state index is 12.3. The second-order valence-corrected chi connectivity index (χ2v) is 6.81. The molecule has 0 aliphatic heterocycles. The number of esters is 1. The summed E-state index contributed by atoms with van der Waals surface area (Å²) < 4.78 is 10.5. The second kappa shape index (κ2) is 7.68. The molecule has 6 heteroatoms. The smallest absolute Gasteiger partial charge is 0.312 e. The van der Waals surface area contributed by atoms with E-state index in [1.54, 1.807) is 13.0 Å². The summed E-state index contributed by atoms with van der Waals surface area (Å²) in [5.74, 6) is -0.266. The van der Waals surface area contributed by atoms with Crippen LogP contribution in [0.1, 0.15) is 45.2 Å². The molecule has 0 bridgehead atoms. The first-order chi connectivity index (χ1) is 12.0. The van der Waals surface area contributed by atoms with Crippen molar-refractivity contribution in [2.45, 2.75) is 58.1 Å². The van der Waals surface area contributed by atoms with Crippen molar-refractivity contribution >= 4 is 22.8 Å². The van der Waals surface area contributed by atoms with Crippen LogP contribution < -0.4 is 5.32 Å². The first kappa shape index (κ1) is 17.5. The van der Waals surface area contributed by atoms with Crippen molar-refractivity contribution in [3.63, 3.8) is 0 Å². The van der Waals surface area contributed by atoms with Gasteiger partial charge in [0.2, 0.25) is 0 Å². The molecule has 1 aliphatic carbocycles. The predicted octanol–water partition coefficient (Wildman–Crippen LogP) is 3.00. The summed E-state index contributed by atoms with van der Waals surface area (Å²) in [5, 5.41) is 7.71. The van der Waals surface area contributed by atoms with E-state index in [0.29, 0.717) is 17.2 Å². The van der Waals surface area contributed by atoms with E-state index in [9.17, 15) is 9.59 Å². The van der Waals surface area contributed by atoms with Gasteiger partial charge in [-0.05, 0) is 37.8 Å². The number of hydrogen-bond acceptors (Lipinski definition) is 5. The van der Waals surface area contributed by atoms with Crippen LogP contribution in [0.15, 0.2) is 28.8 Å². The summed E-state index contributed by atoms with van der Waals surface area (Å²) in [4.78, 5) is 24.4. The molecule has 1 aliphatic rings. The van der Waals surface area contributed by atoms with Gasteiger partial charge >= 0.3 is 5.97 Å². The molecule has 0 spiro atoms. The average molecular weight is 344 g/mol. The van der Waals surface area contributed by atoms with Crippen LogP contribution in [0.25, 0.3) is 11.0 Å². The van der Waals surface area contributed by atoms with Gasteiger partial charge in [0.25, 0.3) is 5.91 Å². The topological polar surface area (TPSA) is 81.4 Å². The van der Waals surface area contributed by atoms with E-state index in [1.807, 2.05) is 18.2 Å². The highest BCUT2D eigenvalue weighted by Crippen LogP contribution is 2.24. The summed E-state index contributed by atoms with van der Waals surface area (Å²) in [6.45, 7) is 3.75. The Kier molecular flexibility index (Phi) is 5.36. The van der Waals surface area contributed by atoms with Gasteiger partial charge in [0.1, 0.15) is 5.69 Å². The Balaban J connectivity index is 1.54. The fourth-order valence-electron chi connectivity index (χ4n) is 3.33. The van der Waals surface area contributed by atoms with Gasteiger partial charge in [-0.1, -0.05) is 37.1 Å². The minimum atomic E-state index is -0.820. The van der Waals surface area contributed by atoms with Crippen molar-refractivity contribution in [1.82, 2.24) is 10.5 Å². The van der Waals surface area contributed by atoms with Crippen LogP contribution in [0.4, 0.5) is 0 Å². The van der Waals surface area contributed by atoms with Gasteiger partial charge in [-0.3, -0.25) is 9.59 Å². The van der Waals surface area contributed by atoms with E-state index < -0.39 is 12.1 Å². The third-order valence-electron chi connectivity index (χ3n) is 4.88. The van der Waals surface area contributed by atoms with Gasteiger partial charge in [0, 0.05) is 11.4 Å². The Morgan fingerprint density at radius 3 is 2.88 bits per heavy atom. The lowest BCUT2D eigenvalue weighted by Gasteiger charge is -2.30. The Morgan fingerprint density at radius 1 is 1.32 bits per heavy atom. The molecule has 134 valence electrons. The van der Waals surface area contributed by atoms with Gasteiger partial charge in [-0.15, -0.1) is 0 Å². The molecule has 3 rings (SSSR count). The quantitative estimate of drug-likeness (QED) is 0.843. The molecule has 0 saturated heterocycles. The van der Waals surface area contributed by atoms with Crippen LogP contribution in [0.5, 0.6) is 0 Å². The highest BCUT2D eigenvalue weighted by atomic mass is 16.5. The number of fused-ring (bicyclic) bond motifs is 1. The van der Waals surface area contributed by atoms with Crippen LogP contribution in [0.3, 0.4) is 0 Å². The largest absolute Gasteiger partial charge is 0.452 e. The number of amides is 1. The fourth-order valence-corrected chi connectivity index (χ4v) is 3.33. The minimum Gasteiger partial charge on any atom is -0.452 e. The van der Waals surface area contributed by atoms with E-state index in [2.05, 4.69) is 17.4 Å². The molecule has 0 unspecified atom stereocenters. The van der Waals surface area contributed by atoms with Gasteiger partial charge in [0.15, 0.2) is 11.7 Å². The zero-order valence-electron chi connectivity index (χ0n) is 14.7. The molecule has 1 saturated carbocycles. The second-order valence-electron chi connectivity index (χ2n) is 6.81. The SMILES string of the molecule is C[C@@H](OC(=O)Cc1noc2ccccc12)C(=O)N[C@H]1CCCC[C@@H]1C. The van der Waals surface area contributed by atoms with Crippen molar-refractivity contribution < 1.29 is 18.8 Å². The number of hydrogen-bond donors (Lipinski definition) is 1. The Bertz CT molecular complexity index is 755. The van der Waals surface area contributed by atoms with Crippen molar-refractivity contribution in [2.75, 3.05) is 0 Å². The van der Waals surface area contributed by atoms with Crippen LogP contribution in [0, 0.1) is 5.92 Å². The summed E-state index contributed by atoms with van der Waals surface area (Å²) in [6.07, 6.45) is 3.61. The van der Waals surface area contributed by atoms with E-state index in [-0.39, 0.29) is 18.4 Å². The van der Waals surface area contributed by atoms with Crippen LogP contribution in [-0.2, 0) is 20.7 Å². The molecular formula is C19H24N2O4. The lowest BCUT2D eigenvalue weighted by atomic mass is 9.86. The first-order valence-corrected chi connectivity index (χ1v) is 8.87. The molecule has 6 nitrogen and oxygen atoms in total. The standard InChI is InChI=1S/C19H24N2O4/c1-12-7-3-5-9-15(12)20-19(23)13(2)24-18(22)11-16-14-8-4-6-10-17(14)25-21-16/h4,6,8,10,12-13,15H,3,5,7,9,11H2,1-2H3,(H,20,23)/t12-,13+,15-/m0/s1. The molecule has 1 aromatic carbocycles. The number of carbonyl (C=O) groups is 2. The molecule has 2 aromatic rings.